The summed E-state index contributed by atoms with van der Waals surface area (Å²) >= 11 is 0. The zero-order chi connectivity index (χ0) is 11.3. The van der Waals surface area contributed by atoms with Crippen molar-refractivity contribution in [2.75, 3.05) is 6.54 Å². The molecular formula is C12H24N2O. The molecule has 0 aromatic heterocycles. The van der Waals surface area contributed by atoms with Gasteiger partial charge in [-0.15, -0.1) is 0 Å². The molecule has 0 bridgehead atoms. The maximum absolute atomic E-state index is 11.9. The average molecular weight is 212 g/mol. The van der Waals surface area contributed by atoms with E-state index in [0.717, 1.165) is 38.6 Å². The molecule has 0 saturated heterocycles. The molecule has 0 heterocycles. The molecular weight excluding hydrogens is 188 g/mol. The number of hydrogen-bond donors (Lipinski definition) is 2. The third-order valence-corrected chi connectivity index (χ3v) is 3.30. The Morgan fingerprint density at radius 2 is 2.33 bits per heavy atom. The highest BCUT2D eigenvalue weighted by atomic mass is 16.2. The SMILES string of the molecule is CCCCNC(=O)C1(N)CCCC(C)C1. The van der Waals surface area contributed by atoms with E-state index in [0.29, 0.717) is 5.92 Å². The number of unbranched alkanes of at least 4 members (excludes halogenated alkanes) is 1. The minimum Gasteiger partial charge on any atom is -0.355 e. The van der Waals surface area contributed by atoms with Crippen LogP contribution in [0.15, 0.2) is 0 Å². The fraction of sp³-hybridized carbons (Fsp3) is 0.917. The fourth-order valence-electron chi connectivity index (χ4n) is 2.35. The van der Waals surface area contributed by atoms with Gasteiger partial charge in [0.1, 0.15) is 0 Å². The van der Waals surface area contributed by atoms with E-state index in [1.807, 2.05) is 0 Å². The molecule has 2 unspecified atom stereocenters. The summed E-state index contributed by atoms with van der Waals surface area (Å²) in [5, 5.41) is 2.95. The Morgan fingerprint density at radius 3 is 2.93 bits per heavy atom. The van der Waals surface area contributed by atoms with Gasteiger partial charge in [-0.2, -0.15) is 0 Å². The second-order valence-corrected chi connectivity index (χ2v) is 4.97. The third kappa shape index (κ3) is 3.49. The molecule has 0 aliphatic heterocycles. The van der Waals surface area contributed by atoms with Crippen molar-refractivity contribution in [3.63, 3.8) is 0 Å². The molecule has 3 nitrogen and oxygen atoms in total. The summed E-state index contributed by atoms with van der Waals surface area (Å²) in [5.74, 6) is 0.642. The number of carbonyl (C=O) groups is 1. The Kier molecular flexibility index (Phi) is 4.58. The molecule has 0 aromatic rings. The van der Waals surface area contributed by atoms with Crippen LogP contribution in [0.5, 0.6) is 0 Å². The molecule has 1 saturated carbocycles. The first kappa shape index (κ1) is 12.5. The van der Waals surface area contributed by atoms with Crippen LogP contribution in [0.4, 0.5) is 0 Å². The predicted octanol–water partition coefficient (Wildman–Crippen LogP) is 1.81. The van der Waals surface area contributed by atoms with Crippen molar-refractivity contribution in [1.29, 1.82) is 0 Å². The van der Waals surface area contributed by atoms with E-state index in [1.165, 1.54) is 6.42 Å². The standard InChI is InChI=1S/C12H24N2O/c1-3-4-8-14-11(15)12(13)7-5-6-10(2)9-12/h10H,3-9,13H2,1-2H3,(H,14,15). The van der Waals surface area contributed by atoms with Crippen LogP contribution in [-0.2, 0) is 4.79 Å². The predicted molar refractivity (Wildman–Crippen MR) is 62.5 cm³/mol. The number of hydrogen-bond acceptors (Lipinski definition) is 2. The van der Waals surface area contributed by atoms with E-state index in [9.17, 15) is 4.79 Å². The van der Waals surface area contributed by atoms with Crippen LogP contribution >= 0.6 is 0 Å². The normalized spacial score (nSPS) is 31.3. The van der Waals surface area contributed by atoms with Gasteiger partial charge in [-0.05, 0) is 25.2 Å². The molecule has 88 valence electrons. The Morgan fingerprint density at radius 1 is 1.60 bits per heavy atom. The summed E-state index contributed by atoms with van der Waals surface area (Å²) in [5.41, 5.74) is 5.57. The highest BCUT2D eigenvalue weighted by molar-refractivity contribution is 5.86. The Labute approximate surface area is 92.8 Å². The largest absolute Gasteiger partial charge is 0.355 e. The lowest BCUT2D eigenvalue weighted by molar-refractivity contribution is -0.128. The molecule has 0 aromatic carbocycles. The molecule has 0 radical (unpaired) electrons. The van der Waals surface area contributed by atoms with Gasteiger partial charge < -0.3 is 11.1 Å². The van der Waals surface area contributed by atoms with E-state index in [2.05, 4.69) is 19.2 Å². The minimum atomic E-state index is -0.592. The highest BCUT2D eigenvalue weighted by Crippen LogP contribution is 2.30. The van der Waals surface area contributed by atoms with Crippen molar-refractivity contribution in [2.24, 2.45) is 11.7 Å². The summed E-state index contributed by atoms with van der Waals surface area (Å²) in [6.45, 7) is 5.07. The quantitative estimate of drug-likeness (QED) is 0.698. The minimum absolute atomic E-state index is 0.0579. The van der Waals surface area contributed by atoms with Crippen LogP contribution in [0.3, 0.4) is 0 Å². The molecule has 15 heavy (non-hydrogen) atoms. The van der Waals surface area contributed by atoms with Crippen molar-refractivity contribution in [1.82, 2.24) is 5.32 Å². The average Bonchev–Trinajstić information content (AvgIpc) is 2.17. The Bertz CT molecular complexity index is 218. The lowest BCUT2D eigenvalue weighted by atomic mass is 9.76. The zero-order valence-electron chi connectivity index (χ0n) is 10.0. The van der Waals surface area contributed by atoms with Crippen LogP contribution in [0.2, 0.25) is 0 Å². The summed E-state index contributed by atoms with van der Waals surface area (Å²) in [6.07, 6.45) is 6.12. The number of nitrogens with one attached hydrogen (secondary N) is 1. The van der Waals surface area contributed by atoms with Gasteiger partial charge in [0.2, 0.25) is 5.91 Å². The summed E-state index contributed by atoms with van der Waals surface area (Å²) in [7, 11) is 0. The molecule has 1 aliphatic rings. The van der Waals surface area contributed by atoms with Gasteiger partial charge in [0, 0.05) is 6.54 Å². The van der Waals surface area contributed by atoms with Gasteiger partial charge in [-0.25, -0.2) is 0 Å². The first-order valence-electron chi connectivity index (χ1n) is 6.15. The first-order valence-corrected chi connectivity index (χ1v) is 6.15. The second kappa shape index (κ2) is 5.50. The smallest absolute Gasteiger partial charge is 0.240 e. The van der Waals surface area contributed by atoms with Gasteiger partial charge >= 0.3 is 0 Å². The number of rotatable bonds is 4. The fourth-order valence-corrected chi connectivity index (χ4v) is 2.35. The molecule has 1 rings (SSSR count). The van der Waals surface area contributed by atoms with E-state index >= 15 is 0 Å². The molecule has 0 spiro atoms. The summed E-state index contributed by atoms with van der Waals surface area (Å²) in [6, 6.07) is 0. The maximum Gasteiger partial charge on any atom is 0.240 e. The number of nitrogens with two attached hydrogens (primary N) is 1. The lowest BCUT2D eigenvalue weighted by Gasteiger charge is -2.35. The van der Waals surface area contributed by atoms with E-state index < -0.39 is 5.54 Å². The number of amides is 1. The van der Waals surface area contributed by atoms with Gasteiger partial charge in [-0.1, -0.05) is 33.1 Å². The van der Waals surface area contributed by atoms with Crippen molar-refractivity contribution in [3.05, 3.63) is 0 Å². The first-order chi connectivity index (χ1) is 7.08. The van der Waals surface area contributed by atoms with Crippen LogP contribution < -0.4 is 11.1 Å². The van der Waals surface area contributed by atoms with Crippen LogP contribution in [-0.4, -0.2) is 18.0 Å². The van der Waals surface area contributed by atoms with Gasteiger partial charge in [0.15, 0.2) is 0 Å². The van der Waals surface area contributed by atoms with Crippen molar-refractivity contribution in [3.8, 4) is 0 Å². The molecule has 3 heteroatoms. The van der Waals surface area contributed by atoms with Crippen LogP contribution in [0.1, 0.15) is 52.4 Å². The molecule has 1 amide bonds. The maximum atomic E-state index is 11.9. The topological polar surface area (TPSA) is 55.1 Å². The van der Waals surface area contributed by atoms with E-state index in [-0.39, 0.29) is 5.91 Å². The van der Waals surface area contributed by atoms with Crippen LogP contribution in [0, 0.1) is 5.92 Å². The third-order valence-electron chi connectivity index (χ3n) is 3.30. The van der Waals surface area contributed by atoms with E-state index in [1.54, 1.807) is 0 Å². The Balaban J connectivity index is 2.41. The van der Waals surface area contributed by atoms with Crippen LogP contribution in [0.25, 0.3) is 0 Å². The number of carbonyl (C=O) groups excluding carboxylic acids is 1. The van der Waals surface area contributed by atoms with Crippen molar-refractivity contribution >= 4 is 5.91 Å². The Hall–Kier alpha value is -0.570. The van der Waals surface area contributed by atoms with Crippen molar-refractivity contribution < 1.29 is 4.79 Å². The summed E-state index contributed by atoms with van der Waals surface area (Å²) < 4.78 is 0. The zero-order valence-corrected chi connectivity index (χ0v) is 10.0. The summed E-state index contributed by atoms with van der Waals surface area (Å²) in [4.78, 5) is 11.9. The monoisotopic (exact) mass is 212 g/mol. The van der Waals surface area contributed by atoms with Gasteiger partial charge in [-0.3, -0.25) is 4.79 Å². The van der Waals surface area contributed by atoms with Gasteiger partial charge in [0.05, 0.1) is 5.54 Å². The molecule has 3 N–H and O–H groups in total. The molecule has 1 fully saturated rings. The highest BCUT2D eigenvalue weighted by Gasteiger charge is 2.37. The van der Waals surface area contributed by atoms with Gasteiger partial charge in [0.25, 0.3) is 0 Å². The van der Waals surface area contributed by atoms with Crippen molar-refractivity contribution in [2.45, 2.75) is 57.9 Å². The molecule has 1 aliphatic carbocycles. The second-order valence-electron chi connectivity index (χ2n) is 4.97. The molecule has 2 atom stereocenters. The lowest BCUT2D eigenvalue weighted by Crippen LogP contribution is -2.56. The van der Waals surface area contributed by atoms with E-state index in [4.69, 9.17) is 5.73 Å².